The van der Waals surface area contributed by atoms with E-state index in [1.54, 1.807) is 39.7 Å². The normalized spacial score (nSPS) is 15.6. The zero-order valence-corrected chi connectivity index (χ0v) is 17.4. The van der Waals surface area contributed by atoms with Crippen molar-refractivity contribution in [1.29, 1.82) is 0 Å². The quantitative estimate of drug-likeness (QED) is 0.694. The summed E-state index contributed by atoms with van der Waals surface area (Å²) >= 11 is 0. The van der Waals surface area contributed by atoms with Gasteiger partial charge in [0, 0.05) is 6.54 Å². The van der Waals surface area contributed by atoms with Crippen molar-refractivity contribution in [2.45, 2.75) is 31.7 Å². The second-order valence-electron chi connectivity index (χ2n) is 7.14. The number of carbonyl (C=O) groups is 1. The molecule has 1 aliphatic rings. The Morgan fingerprint density at radius 1 is 1.10 bits per heavy atom. The van der Waals surface area contributed by atoms with Crippen molar-refractivity contribution in [3.8, 4) is 17.2 Å². The van der Waals surface area contributed by atoms with E-state index in [0.29, 0.717) is 23.8 Å². The summed E-state index contributed by atoms with van der Waals surface area (Å²) in [6.45, 7) is 2.55. The summed E-state index contributed by atoms with van der Waals surface area (Å²) in [6, 6.07) is 7.52. The topological polar surface area (TPSA) is 73.2 Å². The molecule has 0 radical (unpaired) electrons. The minimum atomic E-state index is -0.0622. The molecule has 1 atom stereocenters. The maximum atomic E-state index is 12.6. The van der Waals surface area contributed by atoms with Gasteiger partial charge in [-0.25, -0.2) is 0 Å². The van der Waals surface area contributed by atoms with Gasteiger partial charge in [-0.15, -0.1) is 0 Å². The average Bonchev–Trinajstić information content (AvgIpc) is 3.28. The van der Waals surface area contributed by atoms with Crippen LogP contribution in [-0.2, 0) is 11.2 Å². The molecular weight excluding hydrogens is 372 g/mol. The molecule has 1 saturated heterocycles. The zero-order chi connectivity index (χ0) is 20.6. The highest BCUT2D eigenvalue weighted by Gasteiger charge is 2.25. The van der Waals surface area contributed by atoms with Crippen molar-refractivity contribution >= 4 is 5.91 Å². The third-order valence-electron chi connectivity index (χ3n) is 5.28. The molecule has 0 spiro atoms. The Morgan fingerprint density at radius 3 is 2.34 bits per heavy atom. The molecular formula is C22H30N2O5. The van der Waals surface area contributed by atoms with Crippen LogP contribution in [-0.4, -0.2) is 51.8 Å². The fourth-order valence-electron chi connectivity index (χ4n) is 3.82. The Kier molecular flexibility index (Phi) is 7.41. The van der Waals surface area contributed by atoms with E-state index in [-0.39, 0.29) is 18.4 Å². The lowest BCUT2D eigenvalue weighted by Crippen LogP contribution is -2.40. The predicted octanol–water partition coefficient (Wildman–Crippen LogP) is 3.19. The molecule has 1 amide bonds. The molecule has 7 nitrogen and oxygen atoms in total. The van der Waals surface area contributed by atoms with Crippen LogP contribution < -0.4 is 19.5 Å². The SMILES string of the molecule is COc1cc(CC(=O)NC[C@H](c2ccco2)N2CCCCC2)cc(OC)c1OC. The van der Waals surface area contributed by atoms with Gasteiger partial charge in [0.1, 0.15) is 5.76 Å². The third-order valence-corrected chi connectivity index (χ3v) is 5.28. The first-order chi connectivity index (χ1) is 14.2. The molecule has 0 bridgehead atoms. The average molecular weight is 402 g/mol. The minimum absolute atomic E-state index is 0.0502. The van der Waals surface area contributed by atoms with Gasteiger partial charge in [0.2, 0.25) is 11.7 Å². The maximum Gasteiger partial charge on any atom is 0.224 e. The number of furan rings is 1. The van der Waals surface area contributed by atoms with Gasteiger partial charge < -0.3 is 23.9 Å². The number of methoxy groups -OCH3 is 3. The number of piperidine rings is 1. The summed E-state index contributed by atoms with van der Waals surface area (Å²) in [4.78, 5) is 15.0. The third kappa shape index (κ3) is 5.23. The first-order valence-electron chi connectivity index (χ1n) is 9.99. The van der Waals surface area contributed by atoms with Gasteiger partial charge in [0.25, 0.3) is 0 Å². The smallest absolute Gasteiger partial charge is 0.224 e. The summed E-state index contributed by atoms with van der Waals surface area (Å²) < 4.78 is 21.7. The number of benzene rings is 1. The Morgan fingerprint density at radius 2 is 1.79 bits per heavy atom. The van der Waals surface area contributed by atoms with Crippen molar-refractivity contribution in [3.63, 3.8) is 0 Å². The van der Waals surface area contributed by atoms with E-state index in [2.05, 4.69) is 10.2 Å². The van der Waals surface area contributed by atoms with Crippen LogP contribution >= 0.6 is 0 Å². The second kappa shape index (κ2) is 10.2. The number of hydrogen-bond donors (Lipinski definition) is 1. The van der Waals surface area contributed by atoms with Crippen molar-refractivity contribution in [1.82, 2.24) is 10.2 Å². The van der Waals surface area contributed by atoms with Crippen LogP contribution in [0.2, 0.25) is 0 Å². The Bertz CT molecular complexity index is 760. The molecule has 2 heterocycles. The van der Waals surface area contributed by atoms with E-state index in [0.717, 1.165) is 24.4 Å². The highest BCUT2D eigenvalue weighted by atomic mass is 16.5. The van der Waals surface area contributed by atoms with E-state index >= 15 is 0 Å². The van der Waals surface area contributed by atoms with E-state index in [1.165, 1.54) is 19.3 Å². The van der Waals surface area contributed by atoms with Crippen LogP contribution in [0, 0.1) is 0 Å². The van der Waals surface area contributed by atoms with E-state index in [1.807, 2.05) is 12.1 Å². The number of ether oxygens (including phenoxy) is 3. The Labute approximate surface area is 171 Å². The molecule has 0 saturated carbocycles. The highest BCUT2D eigenvalue weighted by Crippen LogP contribution is 2.38. The Balaban J connectivity index is 1.66. The number of nitrogens with zero attached hydrogens (tertiary/aromatic N) is 1. The molecule has 0 aliphatic carbocycles. The molecule has 0 unspecified atom stereocenters. The van der Waals surface area contributed by atoms with Crippen molar-refractivity contribution in [2.24, 2.45) is 0 Å². The molecule has 1 N–H and O–H groups in total. The lowest BCUT2D eigenvalue weighted by Gasteiger charge is -2.33. The van der Waals surface area contributed by atoms with Crippen LogP contribution in [0.5, 0.6) is 17.2 Å². The van der Waals surface area contributed by atoms with Crippen LogP contribution in [0.15, 0.2) is 34.9 Å². The minimum Gasteiger partial charge on any atom is -0.493 e. The zero-order valence-electron chi connectivity index (χ0n) is 17.4. The lowest BCUT2D eigenvalue weighted by molar-refractivity contribution is -0.120. The summed E-state index contributed by atoms with van der Waals surface area (Å²) in [5, 5.41) is 3.07. The Hall–Kier alpha value is -2.67. The molecule has 158 valence electrons. The van der Waals surface area contributed by atoms with E-state index < -0.39 is 0 Å². The number of amides is 1. The largest absolute Gasteiger partial charge is 0.493 e. The molecule has 2 aromatic rings. The van der Waals surface area contributed by atoms with Gasteiger partial charge in [-0.3, -0.25) is 9.69 Å². The number of nitrogens with one attached hydrogen (secondary N) is 1. The summed E-state index contributed by atoms with van der Waals surface area (Å²) in [5.41, 5.74) is 0.796. The molecule has 1 aromatic heterocycles. The fraction of sp³-hybridized carbons (Fsp3) is 0.500. The number of rotatable bonds is 9. The predicted molar refractivity (Wildman–Crippen MR) is 110 cm³/mol. The summed E-state index contributed by atoms with van der Waals surface area (Å²) in [5.74, 6) is 2.42. The van der Waals surface area contributed by atoms with E-state index in [4.69, 9.17) is 18.6 Å². The number of hydrogen-bond acceptors (Lipinski definition) is 6. The van der Waals surface area contributed by atoms with Crippen molar-refractivity contribution in [2.75, 3.05) is 41.0 Å². The van der Waals surface area contributed by atoms with Crippen LogP contribution in [0.4, 0.5) is 0 Å². The van der Waals surface area contributed by atoms with Gasteiger partial charge >= 0.3 is 0 Å². The molecule has 29 heavy (non-hydrogen) atoms. The molecule has 1 aromatic carbocycles. The summed E-state index contributed by atoms with van der Waals surface area (Å²) in [7, 11) is 4.68. The van der Waals surface area contributed by atoms with Gasteiger partial charge in [-0.2, -0.15) is 0 Å². The fourth-order valence-corrected chi connectivity index (χ4v) is 3.82. The standard InChI is InChI=1S/C22H30N2O5/c1-26-19-12-16(13-20(27-2)22(19)28-3)14-21(25)23-15-17(18-8-7-11-29-18)24-9-5-4-6-10-24/h7-8,11-13,17H,4-6,9-10,14-15H2,1-3H3,(H,23,25)/t17-/m1/s1. The molecule has 1 fully saturated rings. The highest BCUT2D eigenvalue weighted by molar-refractivity contribution is 5.79. The van der Waals surface area contributed by atoms with Crippen molar-refractivity contribution < 1.29 is 23.4 Å². The van der Waals surface area contributed by atoms with Crippen LogP contribution in [0.25, 0.3) is 0 Å². The van der Waals surface area contributed by atoms with Gasteiger partial charge in [0.05, 0.1) is 40.1 Å². The van der Waals surface area contributed by atoms with Crippen LogP contribution in [0.3, 0.4) is 0 Å². The maximum absolute atomic E-state index is 12.6. The first kappa shape index (κ1) is 21.0. The molecule has 7 heteroatoms. The monoisotopic (exact) mass is 402 g/mol. The summed E-state index contributed by atoms with van der Waals surface area (Å²) in [6.07, 6.45) is 5.52. The van der Waals surface area contributed by atoms with Gasteiger partial charge in [0.15, 0.2) is 11.5 Å². The number of likely N-dealkylation sites (tertiary alicyclic amines) is 1. The second-order valence-corrected chi connectivity index (χ2v) is 7.14. The van der Waals surface area contributed by atoms with Gasteiger partial charge in [-0.1, -0.05) is 6.42 Å². The lowest BCUT2D eigenvalue weighted by atomic mass is 10.1. The van der Waals surface area contributed by atoms with Crippen molar-refractivity contribution in [3.05, 3.63) is 41.9 Å². The molecule has 3 rings (SSSR count). The van der Waals surface area contributed by atoms with Crippen LogP contribution in [0.1, 0.15) is 36.6 Å². The number of carbonyl (C=O) groups excluding carboxylic acids is 1. The molecule has 1 aliphatic heterocycles. The van der Waals surface area contributed by atoms with E-state index in [9.17, 15) is 4.79 Å². The first-order valence-corrected chi connectivity index (χ1v) is 9.99. The van der Waals surface area contributed by atoms with Gasteiger partial charge in [-0.05, 0) is 55.8 Å².